The monoisotopic (exact) mass is 217 g/mol. The summed E-state index contributed by atoms with van der Waals surface area (Å²) in [6.45, 7) is 0. The Bertz CT molecular complexity index is 431. The average molecular weight is 217 g/mol. The van der Waals surface area contributed by atoms with Gasteiger partial charge in [0.05, 0.1) is 11.9 Å². The number of pyridine rings is 2. The van der Waals surface area contributed by atoms with Crippen molar-refractivity contribution in [3.05, 3.63) is 48.5 Å². The normalized spacial score (nSPS) is 10.1. The lowest BCUT2D eigenvalue weighted by Crippen LogP contribution is -1.90. The number of rotatable bonds is 3. The molecule has 76 valence electrons. The third-order valence-electron chi connectivity index (χ3n) is 1.93. The summed E-state index contributed by atoms with van der Waals surface area (Å²) in [5.74, 6) is 0.877. The Labute approximate surface area is 92.8 Å². The van der Waals surface area contributed by atoms with E-state index in [9.17, 15) is 0 Å². The second kappa shape index (κ2) is 4.79. The Hall–Kier alpha value is -1.55. The molecule has 2 N–H and O–H groups in total. The van der Waals surface area contributed by atoms with E-state index in [1.54, 1.807) is 30.4 Å². The van der Waals surface area contributed by atoms with Crippen LogP contribution in [0.15, 0.2) is 47.9 Å². The van der Waals surface area contributed by atoms with E-state index in [1.165, 1.54) is 5.56 Å². The number of nitrogens with zero attached hydrogens (tertiary/aromatic N) is 2. The Kier molecular flexibility index (Phi) is 3.19. The molecule has 2 heterocycles. The van der Waals surface area contributed by atoms with Gasteiger partial charge in [0.2, 0.25) is 0 Å². The molecule has 0 saturated carbocycles. The van der Waals surface area contributed by atoms with Gasteiger partial charge in [-0.05, 0) is 17.7 Å². The van der Waals surface area contributed by atoms with Gasteiger partial charge >= 0.3 is 0 Å². The number of hydrogen-bond donors (Lipinski definition) is 1. The molecule has 0 spiro atoms. The first-order chi connectivity index (χ1) is 7.36. The first-order valence-electron chi connectivity index (χ1n) is 4.57. The minimum atomic E-state index is 0.728. The van der Waals surface area contributed by atoms with E-state index in [1.807, 2.05) is 18.3 Å². The Balaban J connectivity index is 2.03. The maximum atomic E-state index is 5.79. The quantitative estimate of drug-likeness (QED) is 0.802. The summed E-state index contributed by atoms with van der Waals surface area (Å²) in [5, 5.41) is 0. The van der Waals surface area contributed by atoms with Crippen LogP contribution < -0.4 is 5.73 Å². The van der Waals surface area contributed by atoms with Gasteiger partial charge in [0, 0.05) is 29.2 Å². The molecule has 15 heavy (non-hydrogen) atoms. The third-order valence-corrected chi connectivity index (χ3v) is 3.09. The molecule has 0 radical (unpaired) electrons. The summed E-state index contributed by atoms with van der Waals surface area (Å²) in [6, 6.07) is 5.92. The molecule has 0 bridgehead atoms. The number of aromatic nitrogens is 2. The molecule has 2 aromatic heterocycles. The van der Waals surface area contributed by atoms with Crippen molar-refractivity contribution in [2.75, 3.05) is 5.73 Å². The maximum absolute atomic E-state index is 5.79. The van der Waals surface area contributed by atoms with Crippen LogP contribution in [0.4, 0.5) is 5.69 Å². The summed E-state index contributed by atoms with van der Waals surface area (Å²) in [7, 11) is 0. The van der Waals surface area contributed by atoms with E-state index >= 15 is 0 Å². The van der Waals surface area contributed by atoms with Crippen LogP contribution in [0.5, 0.6) is 0 Å². The van der Waals surface area contributed by atoms with Gasteiger partial charge in [-0.2, -0.15) is 0 Å². The lowest BCUT2D eigenvalue weighted by molar-refractivity contribution is 1.24. The molecule has 2 rings (SSSR count). The molecule has 0 amide bonds. The molecule has 4 heteroatoms. The molecule has 0 aliphatic heterocycles. The van der Waals surface area contributed by atoms with E-state index < -0.39 is 0 Å². The van der Waals surface area contributed by atoms with Crippen molar-refractivity contribution >= 4 is 17.4 Å². The predicted octanol–water partition coefficient (Wildman–Crippen LogP) is 2.35. The zero-order valence-electron chi connectivity index (χ0n) is 8.13. The predicted molar refractivity (Wildman–Crippen MR) is 62.4 cm³/mol. The third kappa shape index (κ3) is 2.70. The number of nitrogen functional groups attached to an aromatic ring is 1. The van der Waals surface area contributed by atoms with Crippen LogP contribution in [0.25, 0.3) is 0 Å². The molecule has 0 aliphatic carbocycles. The maximum Gasteiger partial charge on any atom is 0.0638 e. The van der Waals surface area contributed by atoms with Crippen molar-refractivity contribution in [1.29, 1.82) is 0 Å². The molecule has 0 atom stereocenters. The summed E-state index contributed by atoms with van der Waals surface area (Å²) in [6.07, 6.45) is 7.06. The van der Waals surface area contributed by atoms with Crippen molar-refractivity contribution in [2.24, 2.45) is 0 Å². The highest BCUT2D eigenvalue weighted by atomic mass is 32.2. The fourth-order valence-corrected chi connectivity index (χ4v) is 2.04. The van der Waals surface area contributed by atoms with Crippen molar-refractivity contribution < 1.29 is 0 Å². The largest absolute Gasteiger partial charge is 0.397 e. The topological polar surface area (TPSA) is 51.8 Å². The minimum Gasteiger partial charge on any atom is -0.397 e. The number of thioether (sulfide) groups is 1. The van der Waals surface area contributed by atoms with Gasteiger partial charge in [-0.15, -0.1) is 11.8 Å². The fraction of sp³-hybridized carbons (Fsp3) is 0.0909. The van der Waals surface area contributed by atoms with Crippen LogP contribution >= 0.6 is 11.8 Å². The van der Waals surface area contributed by atoms with Gasteiger partial charge in [0.25, 0.3) is 0 Å². The minimum absolute atomic E-state index is 0.728. The second-order valence-corrected chi connectivity index (χ2v) is 4.08. The Morgan fingerprint density at radius 1 is 1.13 bits per heavy atom. The number of anilines is 1. The average Bonchev–Trinajstić information content (AvgIpc) is 2.29. The molecular formula is C11H11N3S. The van der Waals surface area contributed by atoms with Crippen molar-refractivity contribution in [2.45, 2.75) is 10.6 Å². The zero-order chi connectivity index (χ0) is 10.5. The first-order valence-corrected chi connectivity index (χ1v) is 5.56. The van der Waals surface area contributed by atoms with E-state index in [0.29, 0.717) is 0 Å². The summed E-state index contributed by atoms with van der Waals surface area (Å²) in [5.41, 5.74) is 7.71. The van der Waals surface area contributed by atoms with Gasteiger partial charge in [-0.25, -0.2) is 0 Å². The van der Waals surface area contributed by atoms with E-state index in [4.69, 9.17) is 5.73 Å². The van der Waals surface area contributed by atoms with Gasteiger partial charge < -0.3 is 5.73 Å². The molecule has 0 fully saturated rings. The van der Waals surface area contributed by atoms with Crippen LogP contribution in [-0.2, 0) is 5.75 Å². The Morgan fingerprint density at radius 2 is 2.00 bits per heavy atom. The Morgan fingerprint density at radius 3 is 2.73 bits per heavy atom. The lowest BCUT2D eigenvalue weighted by Gasteiger charge is -2.03. The van der Waals surface area contributed by atoms with Crippen LogP contribution in [0.3, 0.4) is 0 Å². The van der Waals surface area contributed by atoms with Crippen LogP contribution in [0.1, 0.15) is 5.56 Å². The fourth-order valence-electron chi connectivity index (χ4n) is 1.17. The molecule has 0 aromatic carbocycles. The van der Waals surface area contributed by atoms with E-state index in [0.717, 1.165) is 16.3 Å². The second-order valence-electron chi connectivity index (χ2n) is 3.06. The number of hydrogen-bond acceptors (Lipinski definition) is 4. The standard InChI is InChI=1S/C11H11N3S/c12-10-7-14-5-3-11(10)15-8-9-2-1-4-13-6-9/h1-7H,8,12H2. The zero-order valence-corrected chi connectivity index (χ0v) is 8.95. The molecule has 0 unspecified atom stereocenters. The highest BCUT2D eigenvalue weighted by Crippen LogP contribution is 2.26. The van der Waals surface area contributed by atoms with Gasteiger partial charge in [-0.1, -0.05) is 6.07 Å². The highest BCUT2D eigenvalue weighted by Gasteiger charge is 1.99. The molecular weight excluding hydrogens is 206 g/mol. The molecule has 3 nitrogen and oxygen atoms in total. The molecule has 0 saturated heterocycles. The number of nitrogens with two attached hydrogens (primary N) is 1. The molecule has 2 aromatic rings. The van der Waals surface area contributed by atoms with Crippen molar-refractivity contribution in [1.82, 2.24) is 9.97 Å². The van der Waals surface area contributed by atoms with Crippen LogP contribution in [0, 0.1) is 0 Å². The van der Waals surface area contributed by atoms with Gasteiger partial charge in [0.15, 0.2) is 0 Å². The van der Waals surface area contributed by atoms with Gasteiger partial charge in [0.1, 0.15) is 0 Å². The van der Waals surface area contributed by atoms with Crippen molar-refractivity contribution in [3.8, 4) is 0 Å². The first kappa shape index (κ1) is 9.98. The lowest BCUT2D eigenvalue weighted by atomic mass is 10.3. The summed E-state index contributed by atoms with van der Waals surface area (Å²) in [4.78, 5) is 9.08. The SMILES string of the molecule is Nc1cnccc1SCc1cccnc1. The smallest absolute Gasteiger partial charge is 0.0638 e. The van der Waals surface area contributed by atoms with E-state index in [-0.39, 0.29) is 0 Å². The molecule has 0 aliphatic rings. The summed E-state index contributed by atoms with van der Waals surface area (Å²) >= 11 is 1.70. The summed E-state index contributed by atoms with van der Waals surface area (Å²) < 4.78 is 0. The van der Waals surface area contributed by atoms with E-state index in [2.05, 4.69) is 16.0 Å². The van der Waals surface area contributed by atoms with Crippen molar-refractivity contribution in [3.63, 3.8) is 0 Å². The van der Waals surface area contributed by atoms with Crippen LogP contribution in [0.2, 0.25) is 0 Å². The van der Waals surface area contributed by atoms with Gasteiger partial charge in [-0.3, -0.25) is 9.97 Å². The highest BCUT2D eigenvalue weighted by molar-refractivity contribution is 7.98. The van der Waals surface area contributed by atoms with Crippen LogP contribution in [-0.4, -0.2) is 9.97 Å².